The lowest BCUT2D eigenvalue weighted by atomic mass is 9.90. The standard InChI is InChI=1S/C30H38N4O5/c1-6-34-25(19-32-14-16-33(17-15-32)28(35)22-10-12-23(38-5)13-11-22)26(29(36)39-7-2)27(31-30(34)37)24-18-20(3)8-9-21(24)4/h8-13,18,27H,6-7,14-17,19H2,1-5H3,(H,31,37). The number of piperazine rings is 1. The first kappa shape index (κ1) is 28.2. The molecule has 2 aromatic rings. The highest BCUT2D eigenvalue weighted by Gasteiger charge is 2.39. The maximum atomic E-state index is 13.4. The molecular weight excluding hydrogens is 496 g/mol. The number of benzene rings is 2. The normalized spacial score (nSPS) is 18.2. The molecule has 1 saturated heterocycles. The Kier molecular flexibility index (Phi) is 8.91. The fourth-order valence-electron chi connectivity index (χ4n) is 5.20. The highest BCUT2D eigenvalue weighted by molar-refractivity contribution is 5.95. The Morgan fingerprint density at radius 3 is 2.31 bits per heavy atom. The Labute approximate surface area is 230 Å². The molecule has 0 saturated carbocycles. The van der Waals surface area contributed by atoms with Crippen molar-refractivity contribution in [1.82, 2.24) is 20.0 Å². The molecule has 9 nitrogen and oxygen atoms in total. The quantitative estimate of drug-likeness (QED) is 0.520. The number of aryl methyl sites for hydroxylation is 2. The van der Waals surface area contributed by atoms with Gasteiger partial charge in [-0.2, -0.15) is 0 Å². The number of nitrogens with zero attached hydrogens (tertiary/aromatic N) is 3. The van der Waals surface area contributed by atoms with Gasteiger partial charge in [0.2, 0.25) is 0 Å². The number of carbonyl (C=O) groups excluding carboxylic acids is 3. The van der Waals surface area contributed by atoms with Gasteiger partial charge in [-0.1, -0.05) is 23.8 Å². The van der Waals surface area contributed by atoms with Crippen molar-refractivity contribution in [1.29, 1.82) is 0 Å². The summed E-state index contributed by atoms with van der Waals surface area (Å²) in [6.45, 7) is 11.0. The van der Waals surface area contributed by atoms with Crippen LogP contribution in [0.4, 0.5) is 4.79 Å². The van der Waals surface area contributed by atoms with Crippen LogP contribution in [0.3, 0.4) is 0 Å². The van der Waals surface area contributed by atoms with E-state index in [1.807, 2.05) is 43.9 Å². The molecule has 0 radical (unpaired) electrons. The second kappa shape index (κ2) is 12.3. The van der Waals surface area contributed by atoms with Crippen LogP contribution in [0, 0.1) is 13.8 Å². The molecule has 2 aliphatic heterocycles. The van der Waals surface area contributed by atoms with Crippen molar-refractivity contribution in [2.45, 2.75) is 33.7 Å². The molecule has 2 aromatic carbocycles. The molecule has 39 heavy (non-hydrogen) atoms. The molecule has 0 aliphatic carbocycles. The number of rotatable bonds is 8. The highest BCUT2D eigenvalue weighted by Crippen LogP contribution is 2.34. The molecule has 208 valence electrons. The van der Waals surface area contributed by atoms with Gasteiger partial charge in [-0.15, -0.1) is 0 Å². The van der Waals surface area contributed by atoms with Gasteiger partial charge in [0.15, 0.2) is 0 Å². The molecule has 1 N–H and O–H groups in total. The second-order valence-electron chi connectivity index (χ2n) is 9.86. The first-order chi connectivity index (χ1) is 18.8. The van der Waals surface area contributed by atoms with Crippen molar-refractivity contribution in [3.8, 4) is 5.75 Å². The maximum Gasteiger partial charge on any atom is 0.338 e. The largest absolute Gasteiger partial charge is 0.497 e. The Morgan fingerprint density at radius 1 is 1.00 bits per heavy atom. The van der Waals surface area contributed by atoms with Crippen LogP contribution in [0.25, 0.3) is 0 Å². The summed E-state index contributed by atoms with van der Waals surface area (Å²) in [5, 5.41) is 3.05. The Bertz CT molecular complexity index is 1250. The highest BCUT2D eigenvalue weighted by atomic mass is 16.5. The molecule has 1 fully saturated rings. The van der Waals surface area contributed by atoms with Gasteiger partial charge in [0.25, 0.3) is 5.91 Å². The molecular formula is C30H38N4O5. The van der Waals surface area contributed by atoms with Crippen molar-refractivity contribution in [2.75, 3.05) is 53.0 Å². The summed E-state index contributed by atoms with van der Waals surface area (Å²) < 4.78 is 10.7. The molecule has 1 atom stereocenters. The number of nitrogens with one attached hydrogen (secondary N) is 1. The summed E-state index contributed by atoms with van der Waals surface area (Å²) in [6, 6.07) is 12.3. The third-order valence-electron chi connectivity index (χ3n) is 7.37. The van der Waals surface area contributed by atoms with E-state index in [2.05, 4.69) is 10.2 Å². The monoisotopic (exact) mass is 534 g/mol. The van der Waals surface area contributed by atoms with E-state index in [9.17, 15) is 14.4 Å². The lowest BCUT2D eigenvalue weighted by Crippen LogP contribution is -2.53. The minimum atomic E-state index is -0.604. The van der Waals surface area contributed by atoms with Crippen molar-refractivity contribution in [3.05, 3.63) is 76.0 Å². The average molecular weight is 535 g/mol. The Morgan fingerprint density at radius 2 is 1.69 bits per heavy atom. The van der Waals surface area contributed by atoms with E-state index in [4.69, 9.17) is 9.47 Å². The molecule has 0 bridgehead atoms. The van der Waals surface area contributed by atoms with Crippen molar-refractivity contribution in [3.63, 3.8) is 0 Å². The molecule has 1 unspecified atom stereocenters. The molecule has 4 rings (SSSR count). The number of ether oxygens (including phenoxy) is 2. The number of esters is 1. The van der Waals surface area contributed by atoms with Gasteiger partial charge in [-0.25, -0.2) is 9.59 Å². The predicted molar refractivity (Wildman–Crippen MR) is 149 cm³/mol. The Hall–Kier alpha value is -3.85. The van der Waals surface area contributed by atoms with E-state index in [0.717, 1.165) is 16.7 Å². The lowest BCUT2D eigenvalue weighted by molar-refractivity contribution is -0.139. The van der Waals surface area contributed by atoms with Gasteiger partial charge >= 0.3 is 12.0 Å². The third-order valence-corrected chi connectivity index (χ3v) is 7.37. The summed E-state index contributed by atoms with van der Waals surface area (Å²) in [5.41, 5.74) is 4.65. The summed E-state index contributed by atoms with van der Waals surface area (Å²) >= 11 is 0. The van der Waals surface area contributed by atoms with Crippen LogP contribution in [0.15, 0.2) is 53.7 Å². The van der Waals surface area contributed by atoms with Crippen molar-refractivity contribution in [2.24, 2.45) is 0 Å². The fraction of sp³-hybridized carbons (Fsp3) is 0.433. The average Bonchev–Trinajstić information content (AvgIpc) is 2.94. The number of likely N-dealkylation sites (N-methyl/N-ethyl adjacent to an activating group) is 1. The number of methoxy groups -OCH3 is 1. The smallest absolute Gasteiger partial charge is 0.338 e. The van der Waals surface area contributed by atoms with E-state index < -0.39 is 12.0 Å². The minimum absolute atomic E-state index is 0.0223. The first-order valence-electron chi connectivity index (χ1n) is 13.5. The fourth-order valence-corrected chi connectivity index (χ4v) is 5.20. The molecule has 9 heteroatoms. The SMILES string of the molecule is CCOC(=O)C1=C(CN2CCN(C(=O)c3ccc(OC)cc3)CC2)N(CC)C(=O)NC1c1cc(C)ccc1C. The summed E-state index contributed by atoms with van der Waals surface area (Å²) in [5.74, 6) is 0.259. The van der Waals surface area contributed by atoms with E-state index >= 15 is 0 Å². The summed E-state index contributed by atoms with van der Waals surface area (Å²) in [4.78, 5) is 45.4. The van der Waals surface area contributed by atoms with E-state index in [0.29, 0.717) is 61.9 Å². The van der Waals surface area contributed by atoms with Crippen LogP contribution in [0.1, 0.15) is 46.9 Å². The number of urea groups is 1. The molecule has 3 amide bonds. The van der Waals surface area contributed by atoms with Crippen LogP contribution in [-0.4, -0.2) is 85.6 Å². The minimum Gasteiger partial charge on any atom is -0.497 e. The van der Waals surface area contributed by atoms with Gasteiger partial charge in [0.1, 0.15) is 5.75 Å². The van der Waals surface area contributed by atoms with Gasteiger partial charge in [-0.05, 0) is 63.1 Å². The number of amides is 3. The van der Waals surface area contributed by atoms with Gasteiger partial charge < -0.3 is 19.7 Å². The zero-order valence-electron chi connectivity index (χ0n) is 23.5. The lowest BCUT2D eigenvalue weighted by Gasteiger charge is -2.40. The van der Waals surface area contributed by atoms with Crippen LogP contribution >= 0.6 is 0 Å². The molecule has 2 aliphatic rings. The van der Waals surface area contributed by atoms with E-state index in [-0.39, 0.29) is 18.5 Å². The van der Waals surface area contributed by atoms with Gasteiger partial charge in [0.05, 0.1) is 25.3 Å². The van der Waals surface area contributed by atoms with Crippen molar-refractivity contribution >= 4 is 17.9 Å². The van der Waals surface area contributed by atoms with Crippen LogP contribution < -0.4 is 10.1 Å². The first-order valence-corrected chi connectivity index (χ1v) is 13.5. The van der Waals surface area contributed by atoms with Crippen LogP contribution in [-0.2, 0) is 9.53 Å². The maximum absolute atomic E-state index is 13.4. The third kappa shape index (κ3) is 6.09. The zero-order valence-corrected chi connectivity index (χ0v) is 23.5. The summed E-state index contributed by atoms with van der Waals surface area (Å²) in [7, 11) is 1.60. The second-order valence-corrected chi connectivity index (χ2v) is 9.86. The Balaban J connectivity index is 1.60. The zero-order chi connectivity index (χ0) is 28.1. The number of hydrogen-bond donors (Lipinski definition) is 1. The van der Waals surface area contributed by atoms with E-state index in [1.54, 1.807) is 43.2 Å². The van der Waals surface area contributed by atoms with E-state index in [1.165, 1.54) is 0 Å². The van der Waals surface area contributed by atoms with Crippen molar-refractivity contribution < 1.29 is 23.9 Å². The number of hydrogen-bond acceptors (Lipinski definition) is 6. The van der Waals surface area contributed by atoms with Crippen LogP contribution in [0.5, 0.6) is 5.75 Å². The predicted octanol–water partition coefficient (Wildman–Crippen LogP) is 3.67. The van der Waals surface area contributed by atoms with Gasteiger partial charge in [0, 0.05) is 50.5 Å². The molecule has 2 heterocycles. The number of carbonyl (C=O) groups is 3. The molecule has 0 aromatic heterocycles. The molecule has 0 spiro atoms. The topological polar surface area (TPSA) is 91.4 Å². The summed E-state index contributed by atoms with van der Waals surface area (Å²) in [6.07, 6.45) is 0. The van der Waals surface area contributed by atoms with Gasteiger partial charge in [-0.3, -0.25) is 14.6 Å². The van der Waals surface area contributed by atoms with Crippen LogP contribution in [0.2, 0.25) is 0 Å².